The molecular weight excluding hydrogens is 357 g/mol. The molecule has 0 radical (unpaired) electrons. The number of fused-ring (bicyclic) bond motifs is 2. The lowest BCUT2D eigenvalue weighted by atomic mass is 9.78. The van der Waals surface area contributed by atoms with Crippen LogP contribution in [0.5, 0.6) is 0 Å². The van der Waals surface area contributed by atoms with E-state index < -0.39 is 0 Å². The molecule has 4 aromatic rings. The van der Waals surface area contributed by atoms with Crippen LogP contribution in [-0.4, -0.2) is 23.3 Å². The second-order valence-electron chi connectivity index (χ2n) is 8.83. The predicted octanol–water partition coefficient (Wildman–Crippen LogP) is 5.35. The van der Waals surface area contributed by atoms with Gasteiger partial charge in [-0.1, -0.05) is 48.5 Å². The van der Waals surface area contributed by atoms with Crippen molar-refractivity contribution in [1.29, 1.82) is 0 Å². The number of hydrogen-bond acceptors (Lipinski definition) is 3. The Labute approximate surface area is 171 Å². The molecule has 0 amide bonds. The summed E-state index contributed by atoms with van der Waals surface area (Å²) in [4.78, 5) is 4.68. The van der Waals surface area contributed by atoms with Crippen molar-refractivity contribution < 1.29 is 9.31 Å². The predicted molar refractivity (Wildman–Crippen MR) is 120 cm³/mol. The van der Waals surface area contributed by atoms with E-state index >= 15 is 0 Å². The summed E-state index contributed by atoms with van der Waals surface area (Å²) in [5, 5.41) is 3.56. The molecule has 0 atom stereocenters. The van der Waals surface area contributed by atoms with E-state index in [1.54, 1.807) is 0 Å². The second-order valence-corrected chi connectivity index (χ2v) is 8.83. The van der Waals surface area contributed by atoms with Gasteiger partial charge in [0, 0.05) is 17.1 Å². The minimum Gasteiger partial charge on any atom is -0.399 e. The van der Waals surface area contributed by atoms with Gasteiger partial charge in [0.1, 0.15) is 0 Å². The van der Waals surface area contributed by atoms with E-state index in [0.29, 0.717) is 0 Å². The van der Waals surface area contributed by atoms with Gasteiger partial charge in [0.2, 0.25) is 0 Å². The third-order valence-electron chi connectivity index (χ3n) is 6.31. The molecule has 4 heteroatoms. The van der Waals surface area contributed by atoms with Gasteiger partial charge in [-0.25, -0.2) is 0 Å². The Morgan fingerprint density at radius 1 is 0.690 bits per heavy atom. The summed E-state index contributed by atoms with van der Waals surface area (Å²) in [7, 11) is -0.367. The van der Waals surface area contributed by atoms with Gasteiger partial charge in [-0.3, -0.25) is 4.98 Å². The van der Waals surface area contributed by atoms with Crippen LogP contribution in [0.25, 0.3) is 32.8 Å². The largest absolute Gasteiger partial charge is 0.494 e. The first-order valence-corrected chi connectivity index (χ1v) is 10.1. The summed E-state index contributed by atoms with van der Waals surface area (Å²) >= 11 is 0. The van der Waals surface area contributed by atoms with Crippen molar-refractivity contribution in [3.05, 3.63) is 72.9 Å². The van der Waals surface area contributed by atoms with Crippen molar-refractivity contribution in [2.75, 3.05) is 0 Å². The van der Waals surface area contributed by atoms with Gasteiger partial charge in [0.05, 0.1) is 16.7 Å². The molecule has 3 nitrogen and oxygen atoms in total. The Morgan fingerprint density at radius 3 is 2.14 bits per heavy atom. The molecule has 1 fully saturated rings. The SMILES string of the molecule is CC1(C)OB(c2ccc3ncc(-c4ccc5ccccc5c4)cc3c2)OC1(C)C. The molecule has 0 aliphatic carbocycles. The van der Waals surface area contributed by atoms with Gasteiger partial charge in [0.15, 0.2) is 0 Å². The summed E-state index contributed by atoms with van der Waals surface area (Å²) in [6, 6.07) is 23.4. The lowest BCUT2D eigenvalue weighted by Gasteiger charge is -2.32. The van der Waals surface area contributed by atoms with Crippen LogP contribution < -0.4 is 5.46 Å². The molecular formula is C25H24BNO2. The molecule has 0 saturated carbocycles. The highest BCUT2D eigenvalue weighted by Crippen LogP contribution is 2.36. The van der Waals surface area contributed by atoms with E-state index in [-0.39, 0.29) is 18.3 Å². The first-order chi connectivity index (χ1) is 13.8. The minimum atomic E-state index is -0.367. The maximum absolute atomic E-state index is 6.22. The Bertz CT molecular complexity index is 1220. The first-order valence-electron chi connectivity index (χ1n) is 10.1. The zero-order chi connectivity index (χ0) is 20.2. The molecule has 0 N–H and O–H groups in total. The van der Waals surface area contributed by atoms with Gasteiger partial charge >= 0.3 is 7.12 Å². The Hall–Kier alpha value is -2.69. The van der Waals surface area contributed by atoms with Crippen molar-refractivity contribution in [3.63, 3.8) is 0 Å². The maximum atomic E-state index is 6.22. The van der Waals surface area contributed by atoms with Crippen LogP contribution in [0.3, 0.4) is 0 Å². The quantitative estimate of drug-likeness (QED) is 0.439. The van der Waals surface area contributed by atoms with E-state index in [2.05, 4.69) is 87.3 Å². The van der Waals surface area contributed by atoms with Gasteiger partial charge in [0.25, 0.3) is 0 Å². The topological polar surface area (TPSA) is 31.4 Å². The van der Waals surface area contributed by atoms with Crippen molar-refractivity contribution in [2.45, 2.75) is 38.9 Å². The first kappa shape index (κ1) is 18.4. The van der Waals surface area contributed by atoms with Gasteiger partial charge in [-0.05, 0) is 67.7 Å². The Kier molecular flexibility index (Phi) is 4.06. The monoisotopic (exact) mass is 381 g/mol. The standard InChI is InChI=1S/C25H24BNO2/c1-24(2)25(3,4)29-26(28-24)22-11-12-23-20(15-22)14-21(16-27-23)19-10-9-17-7-5-6-8-18(17)13-19/h5-16H,1-4H3. The average molecular weight is 381 g/mol. The molecule has 0 bridgehead atoms. The smallest absolute Gasteiger partial charge is 0.399 e. The molecule has 5 rings (SSSR count). The molecule has 0 unspecified atom stereocenters. The summed E-state index contributed by atoms with van der Waals surface area (Å²) in [6.45, 7) is 8.31. The van der Waals surface area contributed by atoms with E-state index in [1.807, 2.05) is 18.3 Å². The number of pyridine rings is 1. The van der Waals surface area contributed by atoms with Crippen molar-refractivity contribution >= 4 is 34.3 Å². The van der Waals surface area contributed by atoms with E-state index in [0.717, 1.165) is 21.9 Å². The minimum absolute atomic E-state index is 0.349. The van der Waals surface area contributed by atoms with Crippen LogP contribution in [0, 0.1) is 0 Å². The molecule has 0 spiro atoms. The van der Waals surface area contributed by atoms with Gasteiger partial charge in [-0.2, -0.15) is 0 Å². The van der Waals surface area contributed by atoms with Gasteiger partial charge < -0.3 is 9.31 Å². The number of rotatable bonds is 2. The molecule has 3 aromatic carbocycles. The molecule has 1 aliphatic heterocycles. The Morgan fingerprint density at radius 2 is 1.38 bits per heavy atom. The molecule has 1 aliphatic rings. The van der Waals surface area contributed by atoms with Crippen LogP contribution in [0.15, 0.2) is 72.9 Å². The maximum Gasteiger partial charge on any atom is 0.494 e. The Balaban J connectivity index is 1.54. The van der Waals surface area contributed by atoms with Crippen molar-refractivity contribution in [1.82, 2.24) is 4.98 Å². The number of aromatic nitrogens is 1. The summed E-state index contributed by atoms with van der Waals surface area (Å²) < 4.78 is 12.4. The lowest BCUT2D eigenvalue weighted by molar-refractivity contribution is 0.00578. The number of hydrogen-bond donors (Lipinski definition) is 0. The fourth-order valence-electron chi connectivity index (χ4n) is 3.80. The van der Waals surface area contributed by atoms with Crippen molar-refractivity contribution in [2.24, 2.45) is 0 Å². The normalized spacial score (nSPS) is 17.9. The van der Waals surface area contributed by atoms with Gasteiger partial charge in [-0.15, -0.1) is 0 Å². The fourth-order valence-corrected chi connectivity index (χ4v) is 3.80. The number of nitrogens with zero attached hydrogens (tertiary/aromatic N) is 1. The summed E-state index contributed by atoms with van der Waals surface area (Å²) in [5.74, 6) is 0. The zero-order valence-corrected chi connectivity index (χ0v) is 17.3. The van der Waals surface area contributed by atoms with E-state index in [4.69, 9.17) is 9.31 Å². The lowest BCUT2D eigenvalue weighted by Crippen LogP contribution is -2.41. The average Bonchev–Trinajstić information content (AvgIpc) is 2.94. The molecule has 1 saturated heterocycles. The molecule has 144 valence electrons. The highest BCUT2D eigenvalue weighted by atomic mass is 16.7. The van der Waals surface area contributed by atoms with Crippen LogP contribution in [-0.2, 0) is 9.31 Å². The van der Waals surface area contributed by atoms with Crippen LogP contribution in [0.2, 0.25) is 0 Å². The third-order valence-corrected chi connectivity index (χ3v) is 6.31. The highest BCUT2D eigenvalue weighted by molar-refractivity contribution is 6.62. The fraction of sp³-hybridized carbons (Fsp3) is 0.240. The second kappa shape index (κ2) is 6.41. The molecule has 2 heterocycles. The van der Waals surface area contributed by atoms with E-state index in [1.165, 1.54) is 16.3 Å². The van der Waals surface area contributed by atoms with E-state index in [9.17, 15) is 0 Å². The van der Waals surface area contributed by atoms with Crippen LogP contribution >= 0.6 is 0 Å². The number of benzene rings is 3. The molecule has 1 aromatic heterocycles. The summed E-state index contributed by atoms with van der Waals surface area (Å²) in [6.07, 6.45) is 1.95. The highest BCUT2D eigenvalue weighted by Gasteiger charge is 2.51. The molecule has 29 heavy (non-hydrogen) atoms. The van der Waals surface area contributed by atoms with Crippen molar-refractivity contribution in [3.8, 4) is 11.1 Å². The van der Waals surface area contributed by atoms with Crippen LogP contribution in [0.1, 0.15) is 27.7 Å². The summed E-state index contributed by atoms with van der Waals surface area (Å²) in [5.41, 5.74) is 3.56. The zero-order valence-electron chi connectivity index (χ0n) is 17.3. The third kappa shape index (κ3) is 3.13. The van der Waals surface area contributed by atoms with Crippen LogP contribution in [0.4, 0.5) is 0 Å².